The van der Waals surface area contributed by atoms with Gasteiger partial charge in [-0.2, -0.15) is 0 Å². The molecule has 0 saturated carbocycles. The van der Waals surface area contributed by atoms with Crippen molar-refractivity contribution in [1.82, 2.24) is 24.8 Å². The van der Waals surface area contributed by atoms with Gasteiger partial charge in [0, 0.05) is 31.9 Å². The van der Waals surface area contributed by atoms with Gasteiger partial charge in [0.15, 0.2) is 0 Å². The minimum absolute atomic E-state index is 0.0324. The molecule has 1 aliphatic heterocycles. The van der Waals surface area contributed by atoms with Gasteiger partial charge >= 0.3 is 0 Å². The maximum absolute atomic E-state index is 12.4. The van der Waals surface area contributed by atoms with Gasteiger partial charge in [-0.3, -0.25) is 9.78 Å². The van der Waals surface area contributed by atoms with Gasteiger partial charge in [0.05, 0.1) is 27.9 Å². The Morgan fingerprint density at radius 2 is 1.90 bits per heavy atom. The second-order valence-corrected chi connectivity index (χ2v) is 8.56. The van der Waals surface area contributed by atoms with Crippen LogP contribution in [-0.4, -0.2) is 45.1 Å². The Morgan fingerprint density at radius 3 is 2.67 bits per heavy atom. The summed E-state index contributed by atoms with van der Waals surface area (Å²) in [5.74, 6) is 0. The lowest BCUT2D eigenvalue weighted by Crippen LogP contribution is -2.43. The van der Waals surface area contributed by atoms with Crippen molar-refractivity contribution >= 4 is 22.6 Å². The fraction of sp³-hybridized carbons (Fsp3) is 0.435. The van der Waals surface area contributed by atoms with Gasteiger partial charge in [-0.15, -0.1) is 0 Å². The number of nitrogens with zero attached hydrogens (tertiary/aromatic N) is 4. The van der Waals surface area contributed by atoms with Crippen molar-refractivity contribution < 1.29 is 0 Å². The van der Waals surface area contributed by atoms with E-state index in [1.807, 2.05) is 48.9 Å². The lowest BCUT2D eigenvalue weighted by Gasteiger charge is -2.32. The van der Waals surface area contributed by atoms with E-state index in [2.05, 4.69) is 20.2 Å². The van der Waals surface area contributed by atoms with Gasteiger partial charge in [-0.05, 0) is 69.1 Å². The van der Waals surface area contributed by atoms with E-state index in [0.29, 0.717) is 12.6 Å². The largest absolute Gasteiger partial charge is 0.310 e. The summed E-state index contributed by atoms with van der Waals surface area (Å²) in [5, 5.41) is 4.35. The van der Waals surface area contributed by atoms with Crippen LogP contribution in [-0.2, 0) is 13.1 Å². The first-order chi connectivity index (χ1) is 14.5. The van der Waals surface area contributed by atoms with E-state index in [1.165, 1.54) is 6.20 Å². The average molecular weight is 426 g/mol. The number of fused-ring (bicyclic) bond motifs is 1. The van der Waals surface area contributed by atoms with Crippen molar-refractivity contribution in [2.45, 2.75) is 45.8 Å². The van der Waals surface area contributed by atoms with Crippen LogP contribution in [0.5, 0.6) is 0 Å². The Bertz CT molecular complexity index is 1090. The van der Waals surface area contributed by atoms with Crippen LogP contribution in [0.1, 0.15) is 29.7 Å². The maximum atomic E-state index is 12.4. The summed E-state index contributed by atoms with van der Waals surface area (Å²) in [6.07, 6.45) is 5.51. The molecule has 7 heteroatoms. The average Bonchev–Trinajstić information content (AvgIpc) is 2.74. The van der Waals surface area contributed by atoms with Crippen LogP contribution < -0.4 is 10.9 Å². The first-order valence-electron chi connectivity index (χ1n) is 10.5. The predicted molar refractivity (Wildman–Crippen MR) is 121 cm³/mol. The highest BCUT2D eigenvalue weighted by atomic mass is 35.5. The lowest BCUT2D eigenvalue weighted by molar-refractivity contribution is 0.191. The predicted octanol–water partition coefficient (Wildman–Crippen LogP) is 3.32. The summed E-state index contributed by atoms with van der Waals surface area (Å²) in [6, 6.07) is 8.54. The number of hydrogen-bond donors (Lipinski definition) is 1. The fourth-order valence-corrected chi connectivity index (χ4v) is 4.20. The third kappa shape index (κ3) is 4.89. The second-order valence-electron chi connectivity index (χ2n) is 8.15. The van der Waals surface area contributed by atoms with Crippen LogP contribution in [0.4, 0.5) is 0 Å². The van der Waals surface area contributed by atoms with Gasteiger partial charge in [0.25, 0.3) is 5.56 Å². The molecule has 1 aliphatic rings. The second kappa shape index (κ2) is 9.25. The summed E-state index contributed by atoms with van der Waals surface area (Å²) in [5.41, 5.74) is 4.88. The van der Waals surface area contributed by atoms with Crippen molar-refractivity contribution in [3.05, 3.63) is 68.9 Å². The van der Waals surface area contributed by atoms with Crippen LogP contribution >= 0.6 is 11.6 Å². The van der Waals surface area contributed by atoms with Crippen molar-refractivity contribution in [3.8, 4) is 0 Å². The van der Waals surface area contributed by atoms with Crippen molar-refractivity contribution in [3.63, 3.8) is 0 Å². The standard InChI is InChI=1S/C23H28ClN5O/c1-16-3-4-21-22(11-16)29(23(30)15-27-21)10-9-28-7-5-19(6-8-28)26-14-18-12-20(24)17(2)25-13-18/h3-4,11-13,15,19,26H,5-10,14H2,1-2H3. The van der Waals surface area contributed by atoms with Crippen LogP contribution in [0.3, 0.4) is 0 Å². The molecular formula is C23H28ClN5O. The molecule has 30 heavy (non-hydrogen) atoms. The van der Waals surface area contributed by atoms with Gasteiger partial charge in [0.1, 0.15) is 0 Å². The number of benzene rings is 1. The third-order valence-electron chi connectivity index (χ3n) is 5.91. The molecule has 6 nitrogen and oxygen atoms in total. The monoisotopic (exact) mass is 425 g/mol. The van der Waals surface area contributed by atoms with E-state index < -0.39 is 0 Å². The molecule has 0 spiro atoms. The molecule has 3 heterocycles. The molecular weight excluding hydrogens is 398 g/mol. The van der Waals surface area contributed by atoms with Crippen LogP contribution in [0.25, 0.3) is 11.0 Å². The molecule has 0 atom stereocenters. The first-order valence-corrected chi connectivity index (χ1v) is 10.9. The summed E-state index contributed by atoms with van der Waals surface area (Å²) in [4.78, 5) is 23.4. The zero-order chi connectivity index (χ0) is 21.1. The molecule has 3 aromatic rings. The molecule has 0 aliphatic carbocycles. The molecule has 1 aromatic carbocycles. The smallest absolute Gasteiger partial charge is 0.269 e. The van der Waals surface area contributed by atoms with Crippen molar-refractivity contribution in [2.75, 3.05) is 19.6 Å². The zero-order valence-corrected chi connectivity index (χ0v) is 18.3. The normalized spacial score (nSPS) is 15.7. The fourth-order valence-electron chi connectivity index (χ4n) is 4.01. The molecule has 1 fully saturated rings. The Hall–Kier alpha value is -2.28. The maximum Gasteiger partial charge on any atom is 0.269 e. The van der Waals surface area contributed by atoms with E-state index in [9.17, 15) is 4.79 Å². The lowest BCUT2D eigenvalue weighted by atomic mass is 10.0. The quantitative estimate of drug-likeness (QED) is 0.656. The Morgan fingerprint density at radius 1 is 1.10 bits per heavy atom. The summed E-state index contributed by atoms with van der Waals surface area (Å²) < 4.78 is 1.85. The minimum Gasteiger partial charge on any atom is -0.310 e. The van der Waals surface area contributed by atoms with Crippen LogP contribution in [0.2, 0.25) is 5.02 Å². The Kier molecular flexibility index (Phi) is 6.46. The van der Waals surface area contributed by atoms with E-state index in [1.54, 1.807) is 0 Å². The number of pyridine rings is 1. The number of aryl methyl sites for hydroxylation is 2. The van der Waals surface area contributed by atoms with Crippen molar-refractivity contribution in [1.29, 1.82) is 0 Å². The van der Waals surface area contributed by atoms with Gasteiger partial charge in [0.2, 0.25) is 0 Å². The minimum atomic E-state index is -0.0324. The number of likely N-dealkylation sites (tertiary alicyclic amines) is 1. The van der Waals surface area contributed by atoms with E-state index >= 15 is 0 Å². The molecule has 1 saturated heterocycles. The molecule has 158 valence electrons. The first kappa shape index (κ1) is 21.0. The van der Waals surface area contributed by atoms with Gasteiger partial charge in [-0.25, -0.2) is 4.98 Å². The number of rotatable bonds is 6. The third-order valence-corrected chi connectivity index (χ3v) is 6.29. The highest BCUT2D eigenvalue weighted by Crippen LogP contribution is 2.16. The Balaban J connectivity index is 1.30. The highest BCUT2D eigenvalue weighted by molar-refractivity contribution is 6.31. The van der Waals surface area contributed by atoms with E-state index in [4.69, 9.17) is 11.6 Å². The Labute approximate surface area is 181 Å². The highest BCUT2D eigenvalue weighted by Gasteiger charge is 2.19. The number of piperidine rings is 1. The molecule has 0 radical (unpaired) electrons. The number of aromatic nitrogens is 3. The molecule has 0 unspecified atom stereocenters. The molecule has 4 rings (SSSR count). The van der Waals surface area contributed by atoms with Crippen molar-refractivity contribution in [2.24, 2.45) is 0 Å². The van der Waals surface area contributed by atoms with E-state index in [0.717, 1.165) is 71.9 Å². The number of halogens is 1. The van der Waals surface area contributed by atoms with Gasteiger partial charge in [-0.1, -0.05) is 17.7 Å². The summed E-state index contributed by atoms with van der Waals surface area (Å²) in [6.45, 7) is 8.36. The summed E-state index contributed by atoms with van der Waals surface area (Å²) in [7, 11) is 0. The topological polar surface area (TPSA) is 63.1 Å². The number of nitrogens with one attached hydrogen (secondary N) is 1. The molecule has 1 N–H and O–H groups in total. The summed E-state index contributed by atoms with van der Waals surface area (Å²) >= 11 is 6.17. The molecule has 0 bridgehead atoms. The molecule has 0 amide bonds. The number of hydrogen-bond acceptors (Lipinski definition) is 5. The van der Waals surface area contributed by atoms with Crippen LogP contribution in [0, 0.1) is 13.8 Å². The van der Waals surface area contributed by atoms with Gasteiger partial charge < -0.3 is 14.8 Å². The van der Waals surface area contributed by atoms with E-state index in [-0.39, 0.29) is 5.56 Å². The molecule has 2 aromatic heterocycles. The van der Waals surface area contributed by atoms with Crippen LogP contribution in [0.15, 0.2) is 41.5 Å². The zero-order valence-electron chi connectivity index (χ0n) is 17.6. The SMILES string of the molecule is Cc1ccc2ncc(=O)n(CCN3CCC(NCc4cnc(C)c(Cl)c4)CC3)c2c1.